The average molecular weight is 223 g/mol. The summed E-state index contributed by atoms with van der Waals surface area (Å²) in [4.78, 5) is 22.5. The normalized spacial score (nSPS) is 18.4. The number of carbonyl (C=O) groups is 2. The number of carboxylic acids is 1. The van der Waals surface area contributed by atoms with Gasteiger partial charge in [0.15, 0.2) is 0 Å². The second-order valence-electron chi connectivity index (χ2n) is 4.14. The van der Waals surface area contributed by atoms with Gasteiger partial charge in [0.1, 0.15) is 6.04 Å². The highest BCUT2D eigenvalue weighted by Gasteiger charge is 2.25. The van der Waals surface area contributed by atoms with Crippen LogP contribution in [0.4, 0.5) is 0 Å². The van der Waals surface area contributed by atoms with Crippen LogP contribution in [-0.4, -0.2) is 23.0 Å². The van der Waals surface area contributed by atoms with Crippen molar-refractivity contribution in [1.82, 2.24) is 5.32 Å². The van der Waals surface area contributed by atoms with E-state index in [0.29, 0.717) is 0 Å². The monoisotopic (exact) mass is 223 g/mol. The van der Waals surface area contributed by atoms with E-state index in [1.807, 2.05) is 0 Å². The van der Waals surface area contributed by atoms with E-state index in [1.165, 1.54) is 0 Å². The van der Waals surface area contributed by atoms with Crippen molar-refractivity contribution in [2.75, 3.05) is 0 Å². The van der Waals surface area contributed by atoms with Crippen molar-refractivity contribution in [3.05, 3.63) is 0 Å². The maximum absolute atomic E-state index is 11.7. The van der Waals surface area contributed by atoms with Gasteiger partial charge < -0.3 is 10.4 Å². The fraction of sp³-hybridized carbons (Fsp3) is 0.667. The Kier molecular flexibility index (Phi) is 4.84. The fourth-order valence-electron chi connectivity index (χ4n) is 1.97. The average Bonchev–Trinajstić information content (AvgIpc) is 2.29. The number of amides is 1. The highest BCUT2D eigenvalue weighted by molar-refractivity contribution is 5.85. The van der Waals surface area contributed by atoms with Crippen LogP contribution < -0.4 is 5.32 Å². The number of carboxylic acid groups (broad SMARTS) is 1. The maximum Gasteiger partial charge on any atom is 0.327 e. The van der Waals surface area contributed by atoms with Crippen molar-refractivity contribution in [2.24, 2.45) is 5.92 Å². The maximum atomic E-state index is 11.7. The quantitative estimate of drug-likeness (QED) is 0.703. The number of hydrogen-bond acceptors (Lipinski definition) is 2. The van der Waals surface area contributed by atoms with Gasteiger partial charge in [0, 0.05) is 12.3 Å². The van der Waals surface area contributed by atoms with Crippen LogP contribution in [0.25, 0.3) is 0 Å². The number of hydrogen-bond donors (Lipinski definition) is 2. The van der Waals surface area contributed by atoms with Crippen molar-refractivity contribution in [3.63, 3.8) is 0 Å². The molecule has 0 spiro atoms. The van der Waals surface area contributed by atoms with Crippen LogP contribution in [0.15, 0.2) is 0 Å². The summed E-state index contributed by atoms with van der Waals surface area (Å²) >= 11 is 0. The van der Waals surface area contributed by atoms with E-state index in [1.54, 1.807) is 0 Å². The molecular formula is C12H17NO3. The Bertz CT molecular complexity index is 300. The minimum atomic E-state index is -1.07. The van der Waals surface area contributed by atoms with Crippen molar-refractivity contribution >= 4 is 11.9 Å². The summed E-state index contributed by atoms with van der Waals surface area (Å²) in [6.07, 6.45) is 10.1. The zero-order valence-electron chi connectivity index (χ0n) is 9.24. The number of carbonyl (C=O) groups excluding carboxylic acids is 1. The summed E-state index contributed by atoms with van der Waals surface area (Å²) in [6, 6.07) is -0.945. The lowest BCUT2D eigenvalue weighted by atomic mass is 9.88. The van der Waals surface area contributed by atoms with Gasteiger partial charge in [0.2, 0.25) is 5.91 Å². The van der Waals surface area contributed by atoms with E-state index in [0.717, 1.165) is 32.1 Å². The van der Waals surface area contributed by atoms with E-state index in [-0.39, 0.29) is 18.2 Å². The van der Waals surface area contributed by atoms with Crippen molar-refractivity contribution in [1.29, 1.82) is 0 Å². The van der Waals surface area contributed by atoms with E-state index >= 15 is 0 Å². The molecule has 0 unspecified atom stereocenters. The first-order valence-corrected chi connectivity index (χ1v) is 5.61. The van der Waals surface area contributed by atoms with Gasteiger partial charge >= 0.3 is 5.97 Å². The van der Waals surface area contributed by atoms with E-state index < -0.39 is 12.0 Å². The zero-order chi connectivity index (χ0) is 12.0. The fourth-order valence-corrected chi connectivity index (χ4v) is 1.97. The Hall–Kier alpha value is -1.50. The highest BCUT2D eigenvalue weighted by Crippen LogP contribution is 2.23. The Labute approximate surface area is 95.4 Å². The van der Waals surface area contributed by atoms with Crippen molar-refractivity contribution < 1.29 is 14.7 Å². The molecule has 1 aliphatic rings. The third kappa shape index (κ3) is 3.58. The molecule has 0 saturated heterocycles. The van der Waals surface area contributed by atoms with Gasteiger partial charge in [-0.3, -0.25) is 4.79 Å². The van der Waals surface area contributed by atoms with Gasteiger partial charge in [-0.2, -0.15) is 0 Å². The molecule has 1 fully saturated rings. The highest BCUT2D eigenvalue weighted by atomic mass is 16.4. The molecule has 1 rings (SSSR count). The lowest BCUT2D eigenvalue weighted by Crippen LogP contribution is -2.43. The van der Waals surface area contributed by atoms with Gasteiger partial charge in [0.25, 0.3) is 0 Å². The first-order chi connectivity index (χ1) is 7.65. The summed E-state index contributed by atoms with van der Waals surface area (Å²) in [5.74, 6) is 0.996. The predicted octanol–water partition coefficient (Wildman–Crippen LogP) is 1.16. The van der Waals surface area contributed by atoms with Crippen LogP contribution in [0.5, 0.6) is 0 Å². The summed E-state index contributed by atoms with van der Waals surface area (Å²) in [5, 5.41) is 11.3. The Morgan fingerprint density at radius 3 is 2.50 bits per heavy atom. The zero-order valence-corrected chi connectivity index (χ0v) is 9.24. The lowest BCUT2D eigenvalue weighted by Gasteiger charge is -2.22. The van der Waals surface area contributed by atoms with Crippen LogP contribution in [-0.2, 0) is 9.59 Å². The summed E-state index contributed by atoms with van der Waals surface area (Å²) in [7, 11) is 0. The minimum Gasteiger partial charge on any atom is -0.480 e. The SMILES string of the molecule is C#CC[C@@H](NC(=O)C1CCCCC1)C(=O)O. The molecule has 88 valence electrons. The molecule has 2 N–H and O–H groups in total. The molecule has 16 heavy (non-hydrogen) atoms. The molecule has 1 atom stereocenters. The van der Waals surface area contributed by atoms with Gasteiger partial charge in [-0.25, -0.2) is 4.79 Å². The standard InChI is InChI=1S/C12H17NO3/c1-2-6-10(12(15)16)13-11(14)9-7-4-3-5-8-9/h1,9-10H,3-8H2,(H,13,14)(H,15,16)/t10-/m1/s1. The second-order valence-corrected chi connectivity index (χ2v) is 4.14. The number of rotatable bonds is 4. The molecule has 0 radical (unpaired) electrons. The molecule has 4 heteroatoms. The Balaban J connectivity index is 2.47. The molecule has 0 heterocycles. The topological polar surface area (TPSA) is 66.4 Å². The van der Waals surface area contributed by atoms with Gasteiger partial charge in [0.05, 0.1) is 0 Å². The molecule has 0 bridgehead atoms. The molecule has 0 aromatic heterocycles. The van der Waals surface area contributed by atoms with Crippen LogP contribution in [0.2, 0.25) is 0 Å². The molecule has 0 aromatic rings. The van der Waals surface area contributed by atoms with Gasteiger partial charge in [-0.1, -0.05) is 19.3 Å². The molecule has 1 saturated carbocycles. The Morgan fingerprint density at radius 1 is 1.38 bits per heavy atom. The number of terminal acetylenes is 1. The first-order valence-electron chi connectivity index (χ1n) is 5.61. The summed E-state index contributed by atoms with van der Waals surface area (Å²) in [5.41, 5.74) is 0. The third-order valence-electron chi connectivity index (χ3n) is 2.91. The number of aliphatic carboxylic acids is 1. The van der Waals surface area contributed by atoms with Crippen LogP contribution >= 0.6 is 0 Å². The van der Waals surface area contributed by atoms with Crippen LogP contribution in [0, 0.1) is 18.3 Å². The van der Waals surface area contributed by atoms with E-state index in [4.69, 9.17) is 11.5 Å². The summed E-state index contributed by atoms with van der Waals surface area (Å²) in [6.45, 7) is 0. The smallest absolute Gasteiger partial charge is 0.327 e. The van der Waals surface area contributed by atoms with E-state index in [2.05, 4.69) is 11.2 Å². The lowest BCUT2D eigenvalue weighted by molar-refractivity contribution is -0.142. The Morgan fingerprint density at radius 2 is 2.00 bits per heavy atom. The molecule has 4 nitrogen and oxygen atoms in total. The van der Waals surface area contributed by atoms with Gasteiger partial charge in [-0.15, -0.1) is 12.3 Å². The molecule has 0 aliphatic heterocycles. The van der Waals surface area contributed by atoms with Gasteiger partial charge in [-0.05, 0) is 12.8 Å². The number of nitrogens with one attached hydrogen (secondary N) is 1. The van der Waals surface area contributed by atoms with Crippen molar-refractivity contribution in [3.8, 4) is 12.3 Å². The first kappa shape index (κ1) is 12.6. The third-order valence-corrected chi connectivity index (χ3v) is 2.91. The molecular weight excluding hydrogens is 206 g/mol. The van der Waals surface area contributed by atoms with Crippen LogP contribution in [0.1, 0.15) is 38.5 Å². The minimum absolute atomic E-state index is 0.0339. The largest absolute Gasteiger partial charge is 0.480 e. The van der Waals surface area contributed by atoms with Crippen molar-refractivity contribution in [2.45, 2.75) is 44.6 Å². The van der Waals surface area contributed by atoms with E-state index in [9.17, 15) is 9.59 Å². The second kappa shape index (κ2) is 6.16. The molecule has 1 aliphatic carbocycles. The molecule has 0 aromatic carbocycles. The predicted molar refractivity (Wildman–Crippen MR) is 59.6 cm³/mol. The summed E-state index contributed by atoms with van der Waals surface area (Å²) < 4.78 is 0. The molecule has 1 amide bonds. The van der Waals surface area contributed by atoms with Crippen LogP contribution in [0.3, 0.4) is 0 Å².